The van der Waals surface area contributed by atoms with Crippen LogP contribution in [-0.2, 0) is 19.9 Å². The third-order valence-electron chi connectivity index (χ3n) is 4.39. The standard InChI is InChI=1S/C16H19NO4/c1-15(2)9-8-12(18)13(21-15)16(20)10-6-4-5-7-11(10)17(3)14(16)19/h4-7,13,20H,8-9H2,1-3H3/t13-,16+/m1/s1. The smallest absolute Gasteiger partial charge is 0.266 e. The molecule has 112 valence electrons. The number of rotatable bonds is 1. The van der Waals surface area contributed by atoms with Gasteiger partial charge < -0.3 is 14.7 Å². The molecule has 1 N–H and O–H groups in total. The zero-order chi connectivity index (χ0) is 15.4. The molecular formula is C16H19NO4. The number of nitrogens with zero attached hydrogens (tertiary/aromatic N) is 1. The second-order valence-corrected chi connectivity index (χ2v) is 6.37. The Morgan fingerprint density at radius 2 is 1.95 bits per heavy atom. The van der Waals surface area contributed by atoms with Gasteiger partial charge in [0.2, 0.25) is 5.60 Å². The molecule has 0 radical (unpaired) electrons. The number of Topliss-reactive ketones (excluding diaryl/α,β-unsaturated/α-hetero) is 1. The molecule has 5 nitrogen and oxygen atoms in total. The van der Waals surface area contributed by atoms with Crippen LogP contribution in [0.3, 0.4) is 0 Å². The van der Waals surface area contributed by atoms with Crippen molar-refractivity contribution in [2.45, 2.75) is 44.0 Å². The zero-order valence-corrected chi connectivity index (χ0v) is 12.4. The van der Waals surface area contributed by atoms with Crippen molar-refractivity contribution in [1.29, 1.82) is 0 Å². The summed E-state index contributed by atoms with van der Waals surface area (Å²) in [4.78, 5) is 26.2. The number of benzene rings is 1. The van der Waals surface area contributed by atoms with Gasteiger partial charge in [-0.3, -0.25) is 9.59 Å². The van der Waals surface area contributed by atoms with Crippen LogP contribution in [0.5, 0.6) is 0 Å². The average molecular weight is 289 g/mol. The number of hydrogen-bond donors (Lipinski definition) is 1. The predicted molar refractivity (Wildman–Crippen MR) is 76.9 cm³/mol. The van der Waals surface area contributed by atoms with Gasteiger partial charge in [0, 0.05) is 19.0 Å². The SMILES string of the molecule is CN1C(=O)[C@@](O)([C@@H]2OC(C)(C)CCC2=O)c2ccccc21. The highest BCUT2D eigenvalue weighted by Gasteiger charge is 2.58. The Bertz CT molecular complexity index is 624. The second kappa shape index (κ2) is 4.39. The zero-order valence-electron chi connectivity index (χ0n) is 12.4. The lowest BCUT2D eigenvalue weighted by Crippen LogP contribution is -2.57. The third kappa shape index (κ3) is 1.92. The lowest BCUT2D eigenvalue weighted by atomic mass is 9.82. The summed E-state index contributed by atoms with van der Waals surface area (Å²) in [7, 11) is 1.59. The molecule has 2 atom stereocenters. The van der Waals surface area contributed by atoms with Crippen molar-refractivity contribution >= 4 is 17.4 Å². The fourth-order valence-corrected chi connectivity index (χ4v) is 3.14. The van der Waals surface area contributed by atoms with E-state index in [4.69, 9.17) is 4.74 Å². The first-order valence-corrected chi connectivity index (χ1v) is 7.08. The number of fused-ring (bicyclic) bond motifs is 1. The number of carbonyl (C=O) groups is 2. The number of ketones is 1. The van der Waals surface area contributed by atoms with E-state index >= 15 is 0 Å². The van der Waals surface area contributed by atoms with Crippen molar-refractivity contribution in [3.05, 3.63) is 29.8 Å². The van der Waals surface area contributed by atoms with E-state index in [0.717, 1.165) is 0 Å². The van der Waals surface area contributed by atoms with E-state index in [-0.39, 0.29) is 5.78 Å². The van der Waals surface area contributed by atoms with Crippen LogP contribution in [0.1, 0.15) is 32.3 Å². The second-order valence-electron chi connectivity index (χ2n) is 6.37. The fourth-order valence-electron chi connectivity index (χ4n) is 3.14. The van der Waals surface area contributed by atoms with Gasteiger partial charge >= 0.3 is 0 Å². The van der Waals surface area contributed by atoms with Gasteiger partial charge in [-0.05, 0) is 26.3 Å². The molecule has 0 bridgehead atoms. The van der Waals surface area contributed by atoms with E-state index in [1.807, 2.05) is 13.8 Å². The highest BCUT2D eigenvalue weighted by Crippen LogP contribution is 2.45. The maximum Gasteiger partial charge on any atom is 0.266 e. The summed E-state index contributed by atoms with van der Waals surface area (Å²) >= 11 is 0. The largest absolute Gasteiger partial charge is 0.373 e. The summed E-state index contributed by atoms with van der Waals surface area (Å²) in [6.07, 6.45) is -0.261. The molecule has 21 heavy (non-hydrogen) atoms. The minimum absolute atomic E-state index is 0.227. The molecule has 0 unspecified atom stereocenters. The van der Waals surface area contributed by atoms with Crippen molar-refractivity contribution in [3.8, 4) is 0 Å². The van der Waals surface area contributed by atoms with Crippen molar-refractivity contribution in [3.63, 3.8) is 0 Å². The molecule has 2 aliphatic heterocycles. The molecular weight excluding hydrogens is 270 g/mol. The van der Waals surface area contributed by atoms with Gasteiger partial charge in [-0.15, -0.1) is 0 Å². The molecule has 1 amide bonds. The molecule has 1 aromatic rings. The molecule has 1 aromatic carbocycles. The van der Waals surface area contributed by atoms with E-state index in [1.165, 1.54) is 4.90 Å². The molecule has 1 fully saturated rings. The van der Waals surface area contributed by atoms with Crippen molar-refractivity contribution < 1.29 is 19.4 Å². The van der Waals surface area contributed by atoms with Crippen molar-refractivity contribution in [2.24, 2.45) is 0 Å². The van der Waals surface area contributed by atoms with E-state index in [9.17, 15) is 14.7 Å². The molecule has 3 rings (SSSR count). The monoisotopic (exact) mass is 289 g/mol. The van der Waals surface area contributed by atoms with Crippen LogP contribution in [0.25, 0.3) is 0 Å². The van der Waals surface area contributed by atoms with Gasteiger partial charge in [0.1, 0.15) is 0 Å². The van der Waals surface area contributed by atoms with E-state index in [2.05, 4.69) is 0 Å². The maximum absolute atomic E-state index is 12.6. The average Bonchev–Trinajstić information content (AvgIpc) is 2.65. The summed E-state index contributed by atoms with van der Waals surface area (Å²) in [5, 5.41) is 11.1. The van der Waals surface area contributed by atoms with E-state index in [0.29, 0.717) is 24.1 Å². The number of hydrogen-bond acceptors (Lipinski definition) is 4. The Morgan fingerprint density at radius 1 is 1.29 bits per heavy atom. The molecule has 0 aliphatic carbocycles. The van der Waals surface area contributed by atoms with Crippen LogP contribution >= 0.6 is 0 Å². The molecule has 5 heteroatoms. The maximum atomic E-state index is 12.6. The topological polar surface area (TPSA) is 66.8 Å². The number of anilines is 1. The fraction of sp³-hybridized carbons (Fsp3) is 0.500. The summed E-state index contributed by atoms with van der Waals surface area (Å²) in [6.45, 7) is 3.73. The number of likely N-dealkylation sites (N-methyl/N-ethyl adjacent to an activating group) is 1. The Hall–Kier alpha value is -1.72. The Balaban J connectivity index is 2.12. The molecule has 0 aromatic heterocycles. The first-order valence-electron chi connectivity index (χ1n) is 7.08. The van der Waals surface area contributed by atoms with Gasteiger partial charge in [-0.2, -0.15) is 0 Å². The normalized spacial score (nSPS) is 31.4. The summed E-state index contributed by atoms with van der Waals surface area (Å²) in [5.74, 6) is -0.741. The van der Waals surface area contributed by atoms with Gasteiger partial charge in [0.25, 0.3) is 5.91 Å². The number of aliphatic hydroxyl groups is 1. The van der Waals surface area contributed by atoms with Crippen LogP contribution in [0.4, 0.5) is 5.69 Å². The number of para-hydroxylation sites is 1. The van der Waals surface area contributed by atoms with E-state index < -0.39 is 23.2 Å². The van der Waals surface area contributed by atoms with Crippen LogP contribution in [0, 0.1) is 0 Å². The molecule has 1 saturated heterocycles. The third-order valence-corrected chi connectivity index (χ3v) is 4.39. The van der Waals surface area contributed by atoms with Crippen LogP contribution in [-0.4, -0.2) is 35.5 Å². The number of carbonyl (C=O) groups excluding carboxylic acids is 2. The summed E-state index contributed by atoms with van der Waals surface area (Å²) in [6, 6.07) is 6.97. The number of amides is 1. The van der Waals surface area contributed by atoms with E-state index in [1.54, 1.807) is 31.3 Å². The highest BCUT2D eigenvalue weighted by molar-refractivity contribution is 6.10. The van der Waals surface area contributed by atoms with Gasteiger partial charge in [0.05, 0.1) is 11.3 Å². The lowest BCUT2D eigenvalue weighted by Gasteiger charge is -2.40. The summed E-state index contributed by atoms with van der Waals surface area (Å²) < 4.78 is 5.80. The first kappa shape index (κ1) is 14.2. The van der Waals surface area contributed by atoms with Gasteiger partial charge in [-0.1, -0.05) is 18.2 Å². The predicted octanol–water partition coefficient (Wildman–Crippen LogP) is 1.38. The minimum Gasteiger partial charge on any atom is -0.373 e. The molecule has 2 heterocycles. The molecule has 0 spiro atoms. The Labute approximate surface area is 123 Å². The van der Waals surface area contributed by atoms with Crippen LogP contribution < -0.4 is 4.90 Å². The van der Waals surface area contributed by atoms with Crippen molar-refractivity contribution in [1.82, 2.24) is 0 Å². The highest BCUT2D eigenvalue weighted by atomic mass is 16.5. The first-order chi connectivity index (χ1) is 9.77. The summed E-state index contributed by atoms with van der Waals surface area (Å²) in [5.41, 5.74) is -1.41. The quantitative estimate of drug-likeness (QED) is 0.848. The minimum atomic E-state index is -1.93. The van der Waals surface area contributed by atoms with Gasteiger partial charge in [-0.25, -0.2) is 0 Å². The van der Waals surface area contributed by atoms with Crippen LogP contribution in [0.15, 0.2) is 24.3 Å². The molecule has 0 saturated carbocycles. The van der Waals surface area contributed by atoms with Gasteiger partial charge in [0.15, 0.2) is 11.9 Å². The molecule has 2 aliphatic rings. The van der Waals surface area contributed by atoms with Crippen LogP contribution in [0.2, 0.25) is 0 Å². The number of ether oxygens (including phenoxy) is 1. The Morgan fingerprint density at radius 3 is 2.67 bits per heavy atom. The lowest BCUT2D eigenvalue weighted by molar-refractivity contribution is -0.195. The Kier molecular flexibility index (Phi) is 2.97. The van der Waals surface area contributed by atoms with Crippen molar-refractivity contribution in [2.75, 3.05) is 11.9 Å².